The second kappa shape index (κ2) is 6.52. The number of carbonyl (C=O) groups excluding carboxylic acids is 1. The third kappa shape index (κ3) is 3.43. The number of halogens is 1. The fourth-order valence-electron chi connectivity index (χ4n) is 2.10. The predicted octanol–water partition coefficient (Wildman–Crippen LogP) is 4.31. The number of aromatic nitrogens is 3. The van der Waals surface area contributed by atoms with Crippen molar-refractivity contribution in [2.24, 2.45) is 0 Å². The fraction of sp³-hybridized carbons (Fsp3) is 0.188. The van der Waals surface area contributed by atoms with Crippen LogP contribution in [0.2, 0.25) is 5.15 Å². The maximum absolute atomic E-state index is 12.2. The van der Waals surface area contributed by atoms with Gasteiger partial charge in [0, 0.05) is 22.3 Å². The molecule has 0 bridgehead atoms. The van der Waals surface area contributed by atoms with Crippen LogP contribution in [-0.4, -0.2) is 20.9 Å². The third-order valence-electron chi connectivity index (χ3n) is 3.31. The SMILES string of the molecule is CCc1[nH]c(C(=O)Nc2ccc(-c3nc(C)cs3)cc2)nc1Cl. The zero-order valence-electron chi connectivity index (χ0n) is 12.7. The minimum absolute atomic E-state index is 0.214. The highest BCUT2D eigenvalue weighted by Gasteiger charge is 2.14. The Morgan fingerprint density at radius 3 is 2.61 bits per heavy atom. The molecule has 7 heteroatoms. The van der Waals surface area contributed by atoms with E-state index >= 15 is 0 Å². The van der Waals surface area contributed by atoms with Gasteiger partial charge in [0.25, 0.3) is 5.91 Å². The molecule has 0 aliphatic heterocycles. The maximum Gasteiger partial charge on any atom is 0.291 e. The molecule has 0 saturated carbocycles. The number of thiazole rings is 1. The smallest absolute Gasteiger partial charge is 0.291 e. The third-order valence-corrected chi connectivity index (χ3v) is 4.63. The van der Waals surface area contributed by atoms with Crippen molar-refractivity contribution < 1.29 is 4.79 Å². The van der Waals surface area contributed by atoms with Crippen LogP contribution in [-0.2, 0) is 6.42 Å². The van der Waals surface area contributed by atoms with E-state index in [-0.39, 0.29) is 11.7 Å². The average molecular weight is 347 g/mol. The zero-order valence-corrected chi connectivity index (χ0v) is 14.3. The van der Waals surface area contributed by atoms with Crippen LogP contribution in [0.1, 0.15) is 28.9 Å². The summed E-state index contributed by atoms with van der Waals surface area (Å²) in [7, 11) is 0. The van der Waals surface area contributed by atoms with Crippen LogP contribution in [0.5, 0.6) is 0 Å². The van der Waals surface area contributed by atoms with Crippen molar-refractivity contribution in [2.45, 2.75) is 20.3 Å². The zero-order chi connectivity index (χ0) is 16.4. The van der Waals surface area contributed by atoms with Gasteiger partial charge in [0.05, 0.1) is 5.69 Å². The van der Waals surface area contributed by atoms with Crippen LogP contribution in [0.4, 0.5) is 5.69 Å². The van der Waals surface area contributed by atoms with Crippen LogP contribution in [0.25, 0.3) is 10.6 Å². The Kier molecular flexibility index (Phi) is 4.45. The Balaban J connectivity index is 1.73. The first-order valence-corrected chi connectivity index (χ1v) is 8.41. The van der Waals surface area contributed by atoms with Crippen LogP contribution in [0, 0.1) is 6.92 Å². The highest BCUT2D eigenvalue weighted by Crippen LogP contribution is 2.25. The molecule has 0 radical (unpaired) electrons. The summed E-state index contributed by atoms with van der Waals surface area (Å²) in [5, 5.41) is 6.11. The maximum atomic E-state index is 12.2. The van der Waals surface area contributed by atoms with Gasteiger partial charge >= 0.3 is 0 Å². The minimum Gasteiger partial charge on any atom is -0.336 e. The van der Waals surface area contributed by atoms with E-state index in [9.17, 15) is 4.79 Å². The normalized spacial score (nSPS) is 10.7. The van der Waals surface area contributed by atoms with Crippen molar-refractivity contribution in [3.8, 4) is 10.6 Å². The molecule has 0 atom stereocenters. The number of nitrogens with zero attached hydrogens (tertiary/aromatic N) is 2. The van der Waals surface area contributed by atoms with E-state index in [0.717, 1.165) is 22.0 Å². The number of nitrogens with one attached hydrogen (secondary N) is 2. The summed E-state index contributed by atoms with van der Waals surface area (Å²) in [4.78, 5) is 23.6. The number of benzene rings is 1. The molecule has 3 aromatic rings. The topological polar surface area (TPSA) is 70.7 Å². The van der Waals surface area contributed by atoms with Crippen molar-refractivity contribution >= 4 is 34.5 Å². The number of aromatic amines is 1. The molecule has 3 rings (SSSR count). The fourth-order valence-corrected chi connectivity index (χ4v) is 3.17. The van der Waals surface area contributed by atoms with E-state index in [1.54, 1.807) is 11.3 Å². The number of aryl methyl sites for hydroxylation is 2. The molecule has 2 heterocycles. The van der Waals surface area contributed by atoms with Gasteiger partial charge in [0.1, 0.15) is 5.01 Å². The molecule has 2 N–H and O–H groups in total. The van der Waals surface area contributed by atoms with E-state index in [2.05, 4.69) is 20.3 Å². The first-order valence-electron chi connectivity index (χ1n) is 7.15. The van der Waals surface area contributed by atoms with Crippen molar-refractivity contribution in [2.75, 3.05) is 5.32 Å². The largest absolute Gasteiger partial charge is 0.336 e. The predicted molar refractivity (Wildman–Crippen MR) is 93.2 cm³/mol. The van der Waals surface area contributed by atoms with E-state index in [0.29, 0.717) is 17.3 Å². The van der Waals surface area contributed by atoms with Gasteiger partial charge in [-0.3, -0.25) is 4.79 Å². The molecule has 0 aliphatic rings. The van der Waals surface area contributed by atoms with Crippen molar-refractivity contribution in [3.63, 3.8) is 0 Å². The number of rotatable bonds is 4. The average Bonchev–Trinajstić information content (AvgIpc) is 3.14. The Labute approximate surface area is 142 Å². The molecule has 5 nitrogen and oxygen atoms in total. The highest BCUT2D eigenvalue weighted by atomic mass is 35.5. The number of hydrogen-bond acceptors (Lipinski definition) is 4. The molecule has 118 valence electrons. The first kappa shape index (κ1) is 15.7. The number of carbonyl (C=O) groups is 1. The summed E-state index contributed by atoms with van der Waals surface area (Å²) in [5.41, 5.74) is 3.48. The van der Waals surface area contributed by atoms with E-state index in [1.807, 2.05) is 43.5 Å². The van der Waals surface area contributed by atoms with E-state index in [1.165, 1.54) is 0 Å². The molecule has 0 spiro atoms. The number of imidazole rings is 1. The number of hydrogen-bond donors (Lipinski definition) is 2. The van der Waals surface area contributed by atoms with Crippen molar-refractivity contribution in [1.82, 2.24) is 15.0 Å². The van der Waals surface area contributed by atoms with Crippen molar-refractivity contribution in [3.05, 3.63) is 52.0 Å². The van der Waals surface area contributed by atoms with Gasteiger partial charge in [-0.2, -0.15) is 0 Å². The monoisotopic (exact) mass is 346 g/mol. The molecular weight excluding hydrogens is 332 g/mol. The summed E-state index contributed by atoms with van der Waals surface area (Å²) < 4.78 is 0. The van der Waals surface area contributed by atoms with Gasteiger partial charge in [0.15, 0.2) is 11.0 Å². The molecule has 1 aromatic carbocycles. The first-order chi connectivity index (χ1) is 11.1. The lowest BCUT2D eigenvalue weighted by molar-refractivity contribution is 0.101. The molecule has 0 saturated heterocycles. The Morgan fingerprint density at radius 2 is 2.04 bits per heavy atom. The van der Waals surface area contributed by atoms with Gasteiger partial charge in [-0.05, 0) is 37.6 Å². The molecule has 0 aliphatic carbocycles. The second-order valence-corrected chi connectivity index (χ2v) is 6.25. The van der Waals surface area contributed by atoms with Crippen LogP contribution in [0.15, 0.2) is 29.6 Å². The minimum atomic E-state index is -0.315. The van der Waals surface area contributed by atoms with E-state index < -0.39 is 0 Å². The number of amides is 1. The summed E-state index contributed by atoms with van der Waals surface area (Å²) >= 11 is 7.55. The Bertz CT molecular complexity index is 838. The van der Waals surface area contributed by atoms with Gasteiger partial charge in [-0.1, -0.05) is 18.5 Å². The van der Waals surface area contributed by atoms with Crippen LogP contribution in [0.3, 0.4) is 0 Å². The van der Waals surface area contributed by atoms with Crippen molar-refractivity contribution in [1.29, 1.82) is 0 Å². The summed E-state index contributed by atoms with van der Waals surface area (Å²) in [6.45, 7) is 3.91. The summed E-state index contributed by atoms with van der Waals surface area (Å²) in [6, 6.07) is 7.55. The van der Waals surface area contributed by atoms with Gasteiger partial charge in [-0.15, -0.1) is 11.3 Å². The lowest BCUT2D eigenvalue weighted by Crippen LogP contribution is -2.13. The molecule has 23 heavy (non-hydrogen) atoms. The second-order valence-electron chi connectivity index (χ2n) is 5.03. The molecule has 1 amide bonds. The Morgan fingerprint density at radius 1 is 1.30 bits per heavy atom. The Hall–Kier alpha value is -2.18. The quantitative estimate of drug-likeness (QED) is 0.739. The summed E-state index contributed by atoms with van der Waals surface area (Å²) in [6.07, 6.45) is 0.695. The molecule has 0 unspecified atom stereocenters. The molecular formula is C16H15ClN4OS. The van der Waals surface area contributed by atoms with Gasteiger partial charge in [0.2, 0.25) is 0 Å². The number of anilines is 1. The number of H-pyrrole nitrogens is 1. The lowest BCUT2D eigenvalue weighted by Gasteiger charge is -2.04. The van der Waals surface area contributed by atoms with Crippen LogP contribution >= 0.6 is 22.9 Å². The van der Waals surface area contributed by atoms with Crippen LogP contribution < -0.4 is 5.32 Å². The lowest BCUT2D eigenvalue weighted by atomic mass is 10.2. The van der Waals surface area contributed by atoms with Gasteiger partial charge < -0.3 is 10.3 Å². The highest BCUT2D eigenvalue weighted by molar-refractivity contribution is 7.13. The standard InChI is InChI=1S/C16H15ClN4OS/c1-3-12-13(17)21-14(20-12)15(22)19-11-6-4-10(5-7-11)16-18-9(2)8-23-16/h4-8H,3H2,1-2H3,(H,19,22)(H,20,21). The summed E-state index contributed by atoms with van der Waals surface area (Å²) in [5.74, 6) is -0.101. The van der Waals surface area contributed by atoms with E-state index in [4.69, 9.17) is 11.6 Å². The molecule has 0 fully saturated rings. The van der Waals surface area contributed by atoms with Gasteiger partial charge in [-0.25, -0.2) is 9.97 Å². The molecule has 2 aromatic heterocycles.